The second-order valence-electron chi connectivity index (χ2n) is 6.21. The number of rotatable bonds is 6. The summed E-state index contributed by atoms with van der Waals surface area (Å²) in [5, 5.41) is 0. The predicted molar refractivity (Wildman–Crippen MR) is 92.1 cm³/mol. The van der Waals surface area contributed by atoms with Crippen molar-refractivity contribution in [3.63, 3.8) is 0 Å². The molecule has 0 fully saturated rings. The molecule has 0 amide bonds. The molecule has 1 atom stereocenters. The summed E-state index contributed by atoms with van der Waals surface area (Å²) < 4.78 is 0. The van der Waals surface area contributed by atoms with Crippen molar-refractivity contribution in [2.45, 2.75) is 31.7 Å². The van der Waals surface area contributed by atoms with Crippen LogP contribution < -0.4 is 0 Å². The summed E-state index contributed by atoms with van der Waals surface area (Å²) in [6, 6.07) is 20.6. The molecule has 22 heavy (non-hydrogen) atoms. The number of ketones is 1. The first-order valence-corrected chi connectivity index (χ1v) is 7.77. The zero-order chi connectivity index (χ0) is 16.2. The molecule has 0 bridgehead atoms. The lowest BCUT2D eigenvalue weighted by Crippen LogP contribution is -2.42. The first-order valence-electron chi connectivity index (χ1n) is 7.77. The van der Waals surface area contributed by atoms with E-state index in [0.29, 0.717) is 6.04 Å². The number of carbonyl (C=O) groups excluding carboxylic acids is 1. The Morgan fingerprint density at radius 3 is 1.68 bits per heavy atom. The van der Waals surface area contributed by atoms with E-state index in [1.165, 1.54) is 0 Å². The van der Waals surface area contributed by atoms with E-state index in [9.17, 15) is 4.79 Å². The minimum absolute atomic E-state index is 0.193. The van der Waals surface area contributed by atoms with Gasteiger partial charge in [0.2, 0.25) is 0 Å². The van der Waals surface area contributed by atoms with Gasteiger partial charge in [-0.25, -0.2) is 0 Å². The number of nitrogens with zero attached hydrogens (tertiary/aromatic N) is 1. The van der Waals surface area contributed by atoms with Gasteiger partial charge in [0.1, 0.15) is 5.78 Å². The lowest BCUT2D eigenvalue weighted by atomic mass is 9.68. The molecule has 2 rings (SSSR count). The van der Waals surface area contributed by atoms with Gasteiger partial charge >= 0.3 is 0 Å². The van der Waals surface area contributed by atoms with Crippen LogP contribution in [0.3, 0.4) is 0 Å². The Morgan fingerprint density at radius 1 is 0.955 bits per heavy atom. The molecule has 0 unspecified atom stereocenters. The smallest absolute Gasteiger partial charge is 0.144 e. The van der Waals surface area contributed by atoms with Crippen LogP contribution in [-0.2, 0) is 10.2 Å². The van der Waals surface area contributed by atoms with Gasteiger partial charge in [-0.2, -0.15) is 0 Å². The minimum Gasteiger partial charge on any atom is -0.307 e. The second-order valence-corrected chi connectivity index (χ2v) is 6.21. The molecule has 116 valence electrons. The summed E-state index contributed by atoms with van der Waals surface area (Å²) in [7, 11) is 4.12. The van der Waals surface area contributed by atoms with E-state index in [4.69, 9.17) is 0 Å². The molecule has 0 N–H and O–H groups in total. The summed E-state index contributed by atoms with van der Waals surface area (Å²) in [6.45, 7) is 3.88. The maximum absolute atomic E-state index is 12.8. The van der Waals surface area contributed by atoms with Crippen molar-refractivity contribution in [3.05, 3.63) is 71.8 Å². The highest BCUT2D eigenvalue weighted by Gasteiger charge is 2.40. The monoisotopic (exact) mass is 295 g/mol. The Bertz CT molecular complexity index is 565. The Balaban J connectivity index is 2.63. The predicted octanol–water partition coefficient (Wildman–Crippen LogP) is 3.90. The molecule has 0 aliphatic rings. The maximum Gasteiger partial charge on any atom is 0.144 e. The van der Waals surface area contributed by atoms with Gasteiger partial charge in [0.25, 0.3) is 0 Å². The van der Waals surface area contributed by atoms with E-state index >= 15 is 0 Å². The summed E-state index contributed by atoms with van der Waals surface area (Å²) >= 11 is 0. The molecule has 0 spiro atoms. The number of Topliss-reactive ketones (excluding diaryl/α,β-unsaturated/α-hetero) is 1. The molecule has 2 heteroatoms. The molecule has 0 heterocycles. The number of hydrogen-bond acceptors (Lipinski definition) is 2. The highest BCUT2D eigenvalue weighted by molar-refractivity contribution is 5.92. The standard InChI is InChI=1S/C20H25NO/c1-16(21(3)4)15-20(17(2)22,18-11-7-5-8-12-18)19-13-9-6-10-14-19/h5-14,16H,15H2,1-4H3/t16-/m0/s1. The first-order chi connectivity index (χ1) is 10.5. The van der Waals surface area contributed by atoms with Crippen molar-refractivity contribution < 1.29 is 4.79 Å². The summed E-state index contributed by atoms with van der Waals surface area (Å²) in [6.07, 6.45) is 0.767. The van der Waals surface area contributed by atoms with E-state index in [1.807, 2.05) is 36.4 Å². The fraction of sp³-hybridized carbons (Fsp3) is 0.350. The third-order valence-electron chi connectivity index (χ3n) is 4.62. The Morgan fingerprint density at radius 2 is 1.36 bits per heavy atom. The highest BCUT2D eigenvalue weighted by Crippen LogP contribution is 2.38. The van der Waals surface area contributed by atoms with Crippen LogP contribution in [0.2, 0.25) is 0 Å². The molecule has 2 nitrogen and oxygen atoms in total. The zero-order valence-electron chi connectivity index (χ0n) is 13.9. The van der Waals surface area contributed by atoms with Crippen LogP contribution in [0.1, 0.15) is 31.4 Å². The van der Waals surface area contributed by atoms with Crippen LogP contribution in [-0.4, -0.2) is 30.8 Å². The van der Waals surface area contributed by atoms with Crippen molar-refractivity contribution >= 4 is 5.78 Å². The number of carbonyl (C=O) groups is 1. The van der Waals surface area contributed by atoms with E-state index in [2.05, 4.69) is 50.2 Å². The fourth-order valence-corrected chi connectivity index (χ4v) is 3.02. The molecular formula is C20H25NO. The Kier molecular flexibility index (Phi) is 5.15. The Labute approximate surface area is 133 Å². The molecular weight excluding hydrogens is 270 g/mol. The SMILES string of the molecule is CC(=O)C(C[C@H](C)N(C)C)(c1ccccc1)c1ccccc1. The van der Waals surface area contributed by atoms with Crippen molar-refractivity contribution in [2.75, 3.05) is 14.1 Å². The van der Waals surface area contributed by atoms with E-state index in [0.717, 1.165) is 17.5 Å². The van der Waals surface area contributed by atoms with Gasteiger partial charge in [0.15, 0.2) is 0 Å². The Hall–Kier alpha value is -1.93. The largest absolute Gasteiger partial charge is 0.307 e. The average Bonchev–Trinajstić information content (AvgIpc) is 2.53. The molecule has 0 saturated heterocycles. The molecule has 0 aromatic heterocycles. The summed E-state index contributed by atoms with van der Waals surface area (Å²) in [5.41, 5.74) is 1.55. The third kappa shape index (κ3) is 3.12. The molecule has 2 aromatic rings. The van der Waals surface area contributed by atoms with Gasteiger partial charge in [-0.1, -0.05) is 60.7 Å². The topological polar surface area (TPSA) is 20.3 Å². The van der Waals surface area contributed by atoms with E-state index < -0.39 is 5.41 Å². The van der Waals surface area contributed by atoms with E-state index in [1.54, 1.807) is 6.92 Å². The number of hydrogen-bond donors (Lipinski definition) is 0. The van der Waals surface area contributed by atoms with E-state index in [-0.39, 0.29) is 5.78 Å². The second kappa shape index (κ2) is 6.89. The van der Waals surface area contributed by atoms with Crippen molar-refractivity contribution in [1.29, 1.82) is 0 Å². The van der Waals surface area contributed by atoms with Crippen LogP contribution >= 0.6 is 0 Å². The van der Waals surface area contributed by atoms with Crippen LogP contribution in [0, 0.1) is 0 Å². The molecule has 0 aliphatic carbocycles. The van der Waals surface area contributed by atoms with Gasteiger partial charge in [-0.15, -0.1) is 0 Å². The molecule has 2 aromatic carbocycles. The fourth-order valence-electron chi connectivity index (χ4n) is 3.02. The summed E-state index contributed by atoms with van der Waals surface area (Å²) in [4.78, 5) is 15.0. The van der Waals surface area contributed by atoms with Crippen LogP contribution in [0.15, 0.2) is 60.7 Å². The minimum atomic E-state index is -0.591. The third-order valence-corrected chi connectivity index (χ3v) is 4.62. The summed E-state index contributed by atoms with van der Waals surface area (Å²) in [5.74, 6) is 0.193. The van der Waals surface area contributed by atoms with Gasteiger partial charge in [0, 0.05) is 6.04 Å². The van der Waals surface area contributed by atoms with Crippen LogP contribution in [0.5, 0.6) is 0 Å². The quantitative estimate of drug-likeness (QED) is 0.805. The van der Waals surface area contributed by atoms with Crippen molar-refractivity contribution in [2.24, 2.45) is 0 Å². The zero-order valence-corrected chi connectivity index (χ0v) is 13.9. The van der Waals surface area contributed by atoms with Crippen molar-refractivity contribution in [1.82, 2.24) is 4.90 Å². The van der Waals surface area contributed by atoms with Gasteiger partial charge in [0.05, 0.1) is 5.41 Å². The number of benzene rings is 2. The molecule has 0 saturated carbocycles. The maximum atomic E-state index is 12.8. The van der Waals surface area contributed by atoms with Crippen LogP contribution in [0.4, 0.5) is 0 Å². The lowest BCUT2D eigenvalue weighted by molar-refractivity contribution is -0.121. The van der Waals surface area contributed by atoms with Gasteiger partial charge in [-0.05, 0) is 45.5 Å². The van der Waals surface area contributed by atoms with Crippen LogP contribution in [0.25, 0.3) is 0 Å². The highest BCUT2D eigenvalue weighted by atomic mass is 16.1. The lowest BCUT2D eigenvalue weighted by Gasteiger charge is -2.37. The van der Waals surface area contributed by atoms with Crippen molar-refractivity contribution in [3.8, 4) is 0 Å². The first kappa shape index (κ1) is 16.4. The van der Waals surface area contributed by atoms with Gasteiger partial charge < -0.3 is 4.90 Å². The van der Waals surface area contributed by atoms with Gasteiger partial charge in [-0.3, -0.25) is 4.79 Å². The molecule has 0 radical (unpaired) electrons. The average molecular weight is 295 g/mol. The molecule has 0 aliphatic heterocycles. The normalized spacial score (nSPS) is 13.1.